The zero-order chi connectivity index (χ0) is 25.2. The smallest absolute Gasteiger partial charge is 0.444 e. The summed E-state index contributed by atoms with van der Waals surface area (Å²) in [5.74, 6) is -0.770. The van der Waals surface area contributed by atoms with Gasteiger partial charge in [-0.1, -0.05) is 50.7 Å². The first-order chi connectivity index (χ1) is 16.6. The van der Waals surface area contributed by atoms with E-state index in [-0.39, 0.29) is 25.8 Å². The lowest BCUT2D eigenvalue weighted by Gasteiger charge is -2.10. The van der Waals surface area contributed by atoms with Crippen LogP contribution in [-0.4, -0.2) is 22.2 Å². The number of nitrogens with one attached hydrogen (secondary N) is 1. The molecule has 0 radical (unpaired) electrons. The van der Waals surface area contributed by atoms with Crippen molar-refractivity contribution in [2.24, 2.45) is 0 Å². The van der Waals surface area contributed by atoms with Crippen molar-refractivity contribution in [3.05, 3.63) is 80.1 Å². The molecular formula is C21H11BrF3N3O5S2. The SMILES string of the molecule is O=C(Nc1nc(-c2ccc(Br)cc2)c(Oc2ccc(OC(F)(F)F)cc2)s1)c1ccc([N+](=O)[O-])s1. The molecule has 1 amide bonds. The third-order valence-electron chi connectivity index (χ3n) is 4.20. The maximum atomic E-state index is 12.6. The van der Waals surface area contributed by atoms with Crippen LogP contribution < -0.4 is 14.8 Å². The second kappa shape index (κ2) is 10.0. The zero-order valence-electron chi connectivity index (χ0n) is 17.0. The number of hydrogen-bond acceptors (Lipinski definition) is 8. The lowest BCUT2D eigenvalue weighted by Crippen LogP contribution is -2.16. The lowest BCUT2D eigenvalue weighted by molar-refractivity contribution is -0.380. The molecule has 180 valence electrons. The number of ether oxygens (including phenoxy) is 2. The highest BCUT2D eigenvalue weighted by molar-refractivity contribution is 9.10. The third kappa shape index (κ3) is 6.35. The van der Waals surface area contributed by atoms with Crippen LogP contribution in [0.3, 0.4) is 0 Å². The number of rotatable bonds is 7. The molecule has 0 unspecified atom stereocenters. The van der Waals surface area contributed by atoms with E-state index < -0.39 is 22.9 Å². The maximum Gasteiger partial charge on any atom is 0.573 e. The summed E-state index contributed by atoms with van der Waals surface area (Å²) < 4.78 is 47.7. The van der Waals surface area contributed by atoms with E-state index in [0.29, 0.717) is 11.3 Å². The molecule has 0 atom stereocenters. The van der Waals surface area contributed by atoms with Crippen LogP contribution in [0.15, 0.2) is 65.1 Å². The lowest BCUT2D eigenvalue weighted by atomic mass is 10.2. The molecule has 4 rings (SSSR count). The first-order valence-electron chi connectivity index (χ1n) is 9.43. The van der Waals surface area contributed by atoms with Crippen LogP contribution in [-0.2, 0) is 0 Å². The zero-order valence-corrected chi connectivity index (χ0v) is 20.3. The fourth-order valence-electron chi connectivity index (χ4n) is 2.74. The summed E-state index contributed by atoms with van der Waals surface area (Å²) in [6, 6.07) is 14.5. The highest BCUT2D eigenvalue weighted by Crippen LogP contribution is 2.41. The van der Waals surface area contributed by atoms with E-state index in [2.05, 4.69) is 31.0 Å². The van der Waals surface area contributed by atoms with Gasteiger partial charge in [-0.15, -0.1) is 13.2 Å². The molecule has 0 aliphatic heterocycles. The number of alkyl halides is 3. The fraction of sp³-hybridized carbons (Fsp3) is 0.0476. The van der Waals surface area contributed by atoms with Crippen molar-refractivity contribution >= 4 is 54.6 Å². The number of amides is 1. The van der Waals surface area contributed by atoms with E-state index in [1.165, 1.54) is 24.3 Å². The molecule has 2 aromatic carbocycles. The summed E-state index contributed by atoms with van der Waals surface area (Å²) in [6.07, 6.45) is -4.81. The van der Waals surface area contributed by atoms with Crippen LogP contribution in [0.25, 0.3) is 11.3 Å². The molecule has 1 N–H and O–H groups in total. The maximum absolute atomic E-state index is 12.6. The molecule has 0 aliphatic rings. The van der Waals surface area contributed by atoms with Crippen molar-refractivity contribution in [1.82, 2.24) is 4.98 Å². The van der Waals surface area contributed by atoms with Crippen LogP contribution in [0.5, 0.6) is 16.6 Å². The number of halogens is 4. The van der Waals surface area contributed by atoms with Gasteiger partial charge in [0.2, 0.25) is 5.06 Å². The second-order valence-corrected chi connectivity index (χ2v) is 9.57. The highest BCUT2D eigenvalue weighted by atomic mass is 79.9. The van der Waals surface area contributed by atoms with E-state index in [1.54, 1.807) is 24.3 Å². The van der Waals surface area contributed by atoms with E-state index in [9.17, 15) is 28.1 Å². The molecule has 0 spiro atoms. The predicted molar refractivity (Wildman–Crippen MR) is 127 cm³/mol. The Morgan fingerprint density at radius 1 is 1.00 bits per heavy atom. The number of hydrogen-bond donors (Lipinski definition) is 1. The number of aromatic nitrogens is 1. The van der Waals surface area contributed by atoms with Gasteiger partial charge < -0.3 is 9.47 Å². The molecule has 8 nitrogen and oxygen atoms in total. The molecule has 0 saturated heterocycles. The van der Waals surface area contributed by atoms with Crippen LogP contribution in [0.1, 0.15) is 9.67 Å². The van der Waals surface area contributed by atoms with Gasteiger partial charge in [-0.3, -0.25) is 20.2 Å². The highest BCUT2D eigenvalue weighted by Gasteiger charge is 2.31. The summed E-state index contributed by atoms with van der Waals surface area (Å²) >= 11 is 5.06. The largest absolute Gasteiger partial charge is 0.573 e. The van der Waals surface area contributed by atoms with Gasteiger partial charge in [0.15, 0.2) is 5.13 Å². The van der Waals surface area contributed by atoms with E-state index in [4.69, 9.17) is 4.74 Å². The van der Waals surface area contributed by atoms with Gasteiger partial charge >= 0.3 is 11.4 Å². The van der Waals surface area contributed by atoms with Gasteiger partial charge in [0.05, 0.1) is 9.80 Å². The first-order valence-corrected chi connectivity index (χ1v) is 11.9. The number of anilines is 1. The quantitative estimate of drug-likeness (QED) is 0.178. The second-order valence-electron chi connectivity index (χ2n) is 6.63. The average molecular weight is 586 g/mol. The standard InChI is InChI=1S/C21H11BrF3N3O5S2/c22-12-3-1-11(2-4-12)17-19(32-13-5-7-14(8-6-13)33-21(23,24)25)35-20(26-17)27-18(29)15-9-10-16(34-15)28(30)31/h1-10H,(H,26,27,29). The monoisotopic (exact) mass is 585 g/mol. The van der Waals surface area contributed by atoms with Crippen molar-refractivity contribution in [3.8, 4) is 27.8 Å². The van der Waals surface area contributed by atoms with Crippen LogP contribution in [0, 0.1) is 10.1 Å². The minimum absolute atomic E-state index is 0.125. The molecule has 14 heteroatoms. The van der Waals surface area contributed by atoms with E-state index >= 15 is 0 Å². The Kier molecular flexibility index (Phi) is 7.05. The minimum atomic E-state index is -4.81. The van der Waals surface area contributed by atoms with Gasteiger partial charge in [0, 0.05) is 16.1 Å². The van der Waals surface area contributed by atoms with Crippen molar-refractivity contribution in [1.29, 1.82) is 0 Å². The summed E-state index contributed by atoms with van der Waals surface area (Å²) in [5, 5.41) is 13.7. The number of nitro groups is 1. The van der Waals surface area contributed by atoms with Crippen molar-refractivity contribution in [2.75, 3.05) is 5.32 Å². The third-order valence-corrected chi connectivity index (χ3v) is 6.61. The Morgan fingerprint density at radius 3 is 2.26 bits per heavy atom. The molecule has 0 bridgehead atoms. The van der Waals surface area contributed by atoms with Gasteiger partial charge in [0.25, 0.3) is 5.91 Å². The van der Waals surface area contributed by atoms with E-state index in [0.717, 1.165) is 39.3 Å². The fourth-order valence-corrected chi connectivity index (χ4v) is 4.58. The van der Waals surface area contributed by atoms with Crippen LogP contribution in [0.4, 0.5) is 23.3 Å². The molecule has 35 heavy (non-hydrogen) atoms. The molecule has 0 fully saturated rings. The minimum Gasteiger partial charge on any atom is -0.444 e. The van der Waals surface area contributed by atoms with Crippen molar-refractivity contribution in [3.63, 3.8) is 0 Å². The normalized spacial score (nSPS) is 11.2. The molecule has 0 aliphatic carbocycles. The molecule has 2 heterocycles. The molecule has 0 saturated carbocycles. The Morgan fingerprint density at radius 2 is 1.66 bits per heavy atom. The summed E-state index contributed by atoms with van der Waals surface area (Å²) in [5.41, 5.74) is 1.04. The number of carbonyl (C=O) groups excluding carboxylic acids is 1. The van der Waals surface area contributed by atoms with Crippen LogP contribution in [0.2, 0.25) is 0 Å². The Labute approximate surface area is 211 Å². The summed E-state index contributed by atoms with van der Waals surface area (Å²) in [7, 11) is 0. The number of thiophene rings is 1. The Hall–Kier alpha value is -3.49. The van der Waals surface area contributed by atoms with Gasteiger partial charge in [-0.25, -0.2) is 4.98 Å². The van der Waals surface area contributed by atoms with Gasteiger partial charge in [-0.05, 0) is 42.5 Å². The predicted octanol–water partition coefficient (Wildman–Crippen LogP) is 7.49. The number of benzene rings is 2. The van der Waals surface area contributed by atoms with Crippen molar-refractivity contribution in [2.45, 2.75) is 6.36 Å². The number of carbonyl (C=O) groups is 1. The van der Waals surface area contributed by atoms with E-state index in [1.807, 2.05) is 0 Å². The molecular weight excluding hydrogens is 575 g/mol. The Balaban J connectivity index is 1.60. The number of thiazole rings is 1. The molecule has 4 aromatic rings. The Bertz CT molecular complexity index is 1370. The molecule has 2 aromatic heterocycles. The first kappa shape index (κ1) is 24.6. The van der Waals surface area contributed by atoms with Crippen molar-refractivity contribution < 1.29 is 32.4 Å². The summed E-state index contributed by atoms with van der Waals surface area (Å²) in [6.45, 7) is 0. The van der Waals surface area contributed by atoms with Gasteiger partial charge in [0.1, 0.15) is 17.2 Å². The topological polar surface area (TPSA) is 104 Å². The van der Waals surface area contributed by atoms with Gasteiger partial charge in [-0.2, -0.15) is 0 Å². The average Bonchev–Trinajstić information content (AvgIpc) is 3.43. The van der Waals surface area contributed by atoms with Crippen LogP contribution >= 0.6 is 38.6 Å². The number of nitrogens with zero attached hydrogens (tertiary/aromatic N) is 2. The summed E-state index contributed by atoms with van der Waals surface area (Å²) in [4.78, 5) is 27.4.